The van der Waals surface area contributed by atoms with E-state index in [2.05, 4.69) is 12.2 Å². The lowest BCUT2D eigenvalue weighted by Gasteiger charge is -2.36. The summed E-state index contributed by atoms with van der Waals surface area (Å²) in [5, 5.41) is 14.1. The standard InChI is InChI=1S/C15H29NO2/c1-2-16-13-7-10-15(17,11-8-13)9-3-5-14-6-4-12-18-14/h13-14,16-17H,2-12H2,1H3. The number of ether oxygens (including phenoxy) is 1. The van der Waals surface area contributed by atoms with Crippen LogP contribution in [-0.4, -0.2) is 36.0 Å². The van der Waals surface area contributed by atoms with Crippen LogP contribution in [0.25, 0.3) is 0 Å². The molecular formula is C15H29NO2. The molecular weight excluding hydrogens is 226 g/mol. The molecule has 0 radical (unpaired) electrons. The molecule has 1 heterocycles. The minimum Gasteiger partial charge on any atom is -0.390 e. The van der Waals surface area contributed by atoms with Gasteiger partial charge in [0.25, 0.3) is 0 Å². The zero-order chi connectivity index (χ0) is 12.8. The molecule has 2 aliphatic rings. The summed E-state index contributed by atoms with van der Waals surface area (Å²) in [6.07, 6.45) is 10.3. The second-order valence-electron chi connectivity index (χ2n) is 6.08. The number of nitrogens with one attached hydrogen (secondary N) is 1. The predicted octanol–water partition coefficient (Wildman–Crippen LogP) is 2.62. The van der Waals surface area contributed by atoms with Crippen molar-refractivity contribution < 1.29 is 9.84 Å². The van der Waals surface area contributed by atoms with Gasteiger partial charge in [0, 0.05) is 12.6 Å². The highest BCUT2D eigenvalue weighted by molar-refractivity contribution is 4.88. The molecule has 18 heavy (non-hydrogen) atoms. The molecule has 2 N–H and O–H groups in total. The van der Waals surface area contributed by atoms with E-state index in [4.69, 9.17) is 4.74 Å². The molecule has 2 rings (SSSR count). The van der Waals surface area contributed by atoms with Crippen LogP contribution in [0.4, 0.5) is 0 Å². The summed E-state index contributed by atoms with van der Waals surface area (Å²) in [5.74, 6) is 0. The van der Waals surface area contributed by atoms with Crippen LogP contribution < -0.4 is 5.32 Å². The maximum atomic E-state index is 10.6. The second kappa shape index (κ2) is 6.88. The van der Waals surface area contributed by atoms with Crippen molar-refractivity contribution >= 4 is 0 Å². The topological polar surface area (TPSA) is 41.5 Å². The summed E-state index contributed by atoms with van der Waals surface area (Å²) < 4.78 is 5.63. The van der Waals surface area contributed by atoms with E-state index in [0.29, 0.717) is 12.1 Å². The van der Waals surface area contributed by atoms with Gasteiger partial charge in [-0.05, 0) is 64.3 Å². The molecule has 2 fully saturated rings. The van der Waals surface area contributed by atoms with Crippen molar-refractivity contribution in [3.63, 3.8) is 0 Å². The molecule has 3 nitrogen and oxygen atoms in total. The van der Waals surface area contributed by atoms with E-state index < -0.39 is 0 Å². The van der Waals surface area contributed by atoms with Crippen molar-refractivity contribution in [2.24, 2.45) is 0 Å². The predicted molar refractivity (Wildman–Crippen MR) is 73.7 cm³/mol. The van der Waals surface area contributed by atoms with E-state index in [-0.39, 0.29) is 5.60 Å². The van der Waals surface area contributed by atoms with Gasteiger partial charge in [0.2, 0.25) is 0 Å². The molecule has 1 unspecified atom stereocenters. The lowest BCUT2D eigenvalue weighted by atomic mass is 9.79. The molecule has 1 atom stereocenters. The van der Waals surface area contributed by atoms with Crippen molar-refractivity contribution in [2.45, 2.75) is 82.5 Å². The molecule has 1 saturated heterocycles. The number of hydrogen-bond donors (Lipinski definition) is 2. The van der Waals surface area contributed by atoms with Crippen LogP contribution in [-0.2, 0) is 4.74 Å². The largest absolute Gasteiger partial charge is 0.390 e. The SMILES string of the molecule is CCNC1CCC(O)(CCCC2CCCO2)CC1. The fourth-order valence-electron chi connectivity index (χ4n) is 3.43. The molecule has 106 valence electrons. The molecule has 0 aromatic rings. The second-order valence-corrected chi connectivity index (χ2v) is 6.08. The number of hydrogen-bond acceptors (Lipinski definition) is 3. The Morgan fingerprint density at radius 2 is 2.06 bits per heavy atom. The lowest BCUT2D eigenvalue weighted by molar-refractivity contribution is -0.0158. The van der Waals surface area contributed by atoms with Gasteiger partial charge in [-0.1, -0.05) is 6.92 Å². The van der Waals surface area contributed by atoms with E-state index in [9.17, 15) is 5.11 Å². The number of aliphatic hydroxyl groups is 1. The zero-order valence-electron chi connectivity index (χ0n) is 11.8. The van der Waals surface area contributed by atoms with E-state index in [0.717, 1.165) is 58.1 Å². The van der Waals surface area contributed by atoms with Gasteiger partial charge in [0.05, 0.1) is 11.7 Å². The molecule has 0 aromatic heterocycles. The molecule has 3 heteroatoms. The summed E-state index contributed by atoms with van der Waals surface area (Å²) in [7, 11) is 0. The van der Waals surface area contributed by atoms with Crippen LogP contribution in [0.5, 0.6) is 0 Å². The van der Waals surface area contributed by atoms with E-state index in [1.54, 1.807) is 0 Å². The van der Waals surface area contributed by atoms with Crippen LogP contribution in [0, 0.1) is 0 Å². The van der Waals surface area contributed by atoms with Crippen molar-refractivity contribution in [1.29, 1.82) is 0 Å². The summed E-state index contributed by atoms with van der Waals surface area (Å²) in [5.41, 5.74) is -0.384. The van der Waals surface area contributed by atoms with Crippen LogP contribution in [0.2, 0.25) is 0 Å². The average Bonchev–Trinajstić information content (AvgIpc) is 2.86. The van der Waals surface area contributed by atoms with Gasteiger partial charge in [0.15, 0.2) is 0 Å². The minimum absolute atomic E-state index is 0.384. The first kappa shape index (κ1) is 14.3. The van der Waals surface area contributed by atoms with Crippen molar-refractivity contribution in [1.82, 2.24) is 5.32 Å². The highest BCUT2D eigenvalue weighted by Gasteiger charge is 2.32. The Bertz CT molecular complexity index is 231. The third kappa shape index (κ3) is 4.22. The average molecular weight is 255 g/mol. The summed E-state index contributed by atoms with van der Waals surface area (Å²) in [4.78, 5) is 0. The van der Waals surface area contributed by atoms with Gasteiger partial charge in [0.1, 0.15) is 0 Å². The fraction of sp³-hybridized carbons (Fsp3) is 1.00. The summed E-state index contributed by atoms with van der Waals surface area (Å²) in [6.45, 7) is 4.14. The van der Waals surface area contributed by atoms with E-state index in [1.165, 1.54) is 12.8 Å². The fourth-order valence-corrected chi connectivity index (χ4v) is 3.43. The van der Waals surface area contributed by atoms with Crippen LogP contribution in [0.15, 0.2) is 0 Å². The lowest BCUT2D eigenvalue weighted by Crippen LogP contribution is -2.41. The highest BCUT2D eigenvalue weighted by atomic mass is 16.5. The molecule has 0 aromatic carbocycles. The normalized spacial score (nSPS) is 37.0. The Labute approximate surface area is 111 Å². The van der Waals surface area contributed by atoms with Gasteiger partial charge >= 0.3 is 0 Å². The summed E-state index contributed by atoms with van der Waals surface area (Å²) >= 11 is 0. The molecule has 0 bridgehead atoms. The van der Waals surface area contributed by atoms with Crippen LogP contribution >= 0.6 is 0 Å². The first-order chi connectivity index (χ1) is 8.72. The molecule has 0 amide bonds. The van der Waals surface area contributed by atoms with Gasteiger partial charge in [-0.25, -0.2) is 0 Å². The van der Waals surface area contributed by atoms with Gasteiger partial charge in [-0.15, -0.1) is 0 Å². The molecule has 1 aliphatic heterocycles. The Morgan fingerprint density at radius 1 is 1.28 bits per heavy atom. The first-order valence-electron chi connectivity index (χ1n) is 7.79. The summed E-state index contributed by atoms with van der Waals surface area (Å²) in [6, 6.07) is 0.633. The molecule has 1 aliphatic carbocycles. The Balaban J connectivity index is 1.62. The third-order valence-corrected chi connectivity index (χ3v) is 4.60. The first-order valence-corrected chi connectivity index (χ1v) is 7.79. The Kier molecular flexibility index (Phi) is 5.46. The van der Waals surface area contributed by atoms with Gasteiger partial charge in [-0.2, -0.15) is 0 Å². The van der Waals surface area contributed by atoms with Crippen molar-refractivity contribution in [2.75, 3.05) is 13.2 Å². The monoisotopic (exact) mass is 255 g/mol. The van der Waals surface area contributed by atoms with E-state index >= 15 is 0 Å². The Morgan fingerprint density at radius 3 is 2.67 bits per heavy atom. The Hall–Kier alpha value is -0.120. The maximum Gasteiger partial charge on any atom is 0.0649 e. The van der Waals surface area contributed by atoms with Gasteiger partial charge < -0.3 is 15.2 Å². The van der Waals surface area contributed by atoms with Crippen LogP contribution in [0.1, 0.15) is 64.7 Å². The zero-order valence-corrected chi connectivity index (χ0v) is 11.8. The molecule has 1 saturated carbocycles. The number of rotatable bonds is 6. The van der Waals surface area contributed by atoms with Crippen molar-refractivity contribution in [3.05, 3.63) is 0 Å². The quantitative estimate of drug-likeness (QED) is 0.766. The highest BCUT2D eigenvalue weighted by Crippen LogP contribution is 2.33. The van der Waals surface area contributed by atoms with E-state index in [1.807, 2.05) is 0 Å². The van der Waals surface area contributed by atoms with Crippen molar-refractivity contribution in [3.8, 4) is 0 Å². The smallest absolute Gasteiger partial charge is 0.0649 e. The minimum atomic E-state index is -0.384. The third-order valence-electron chi connectivity index (χ3n) is 4.60. The molecule has 0 spiro atoms. The maximum absolute atomic E-state index is 10.6. The van der Waals surface area contributed by atoms with Gasteiger partial charge in [-0.3, -0.25) is 0 Å². The van der Waals surface area contributed by atoms with Crippen LogP contribution in [0.3, 0.4) is 0 Å².